The van der Waals surface area contributed by atoms with Gasteiger partial charge in [0, 0.05) is 32.0 Å². The molecule has 0 bridgehead atoms. The van der Waals surface area contributed by atoms with E-state index in [4.69, 9.17) is 5.11 Å². The van der Waals surface area contributed by atoms with Crippen LogP contribution in [0, 0.1) is 11.6 Å². The summed E-state index contributed by atoms with van der Waals surface area (Å²) in [5, 5.41) is 8.74. The molecule has 0 radical (unpaired) electrons. The quantitative estimate of drug-likeness (QED) is 0.421. The van der Waals surface area contributed by atoms with E-state index < -0.39 is 17.6 Å². The summed E-state index contributed by atoms with van der Waals surface area (Å²) in [6, 6.07) is 9.69. The van der Waals surface area contributed by atoms with Crippen LogP contribution in [-0.4, -0.2) is 28.9 Å². The topological polar surface area (TPSA) is 57.6 Å². The first-order valence-corrected chi connectivity index (χ1v) is 10.8. The van der Waals surface area contributed by atoms with Crippen molar-refractivity contribution in [3.63, 3.8) is 0 Å². The third kappa shape index (κ3) is 7.78. The van der Waals surface area contributed by atoms with Crippen LogP contribution in [0.3, 0.4) is 0 Å². The zero-order chi connectivity index (χ0) is 22.8. The van der Waals surface area contributed by atoms with Gasteiger partial charge in [-0.25, -0.2) is 8.78 Å². The van der Waals surface area contributed by atoms with Crippen molar-refractivity contribution in [2.45, 2.75) is 64.8 Å². The summed E-state index contributed by atoms with van der Waals surface area (Å²) >= 11 is 0. The molecule has 0 aliphatic rings. The molecule has 0 aliphatic heterocycles. The number of carbonyl (C=O) groups excluding carboxylic acids is 1. The Kier molecular flexibility index (Phi) is 9.63. The maximum atomic E-state index is 14.4. The Morgan fingerprint density at radius 2 is 1.61 bits per heavy atom. The number of rotatable bonds is 12. The smallest absolute Gasteiger partial charge is 0.303 e. The lowest BCUT2D eigenvalue weighted by molar-refractivity contribution is -0.137. The molecule has 0 saturated heterocycles. The monoisotopic (exact) mass is 431 g/mol. The summed E-state index contributed by atoms with van der Waals surface area (Å²) in [6.07, 6.45) is 5.45. The van der Waals surface area contributed by atoms with Gasteiger partial charge in [-0.3, -0.25) is 9.59 Å². The highest BCUT2D eigenvalue weighted by atomic mass is 19.1. The molecule has 6 heteroatoms. The van der Waals surface area contributed by atoms with Crippen LogP contribution < -0.4 is 0 Å². The highest BCUT2D eigenvalue weighted by molar-refractivity contribution is 5.76. The zero-order valence-electron chi connectivity index (χ0n) is 18.3. The number of nitrogens with zero attached hydrogens (tertiary/aromatic N) is 1. The van der Waals surface area contributed by atoms with Gasteiger partial charge in [0.25, 0.3) is 0 Å². The van der Waals surface area contributed by atoms with Crippen molar-refractivity contribution in [3.8, 4) is 11.1 Å². The molecule has 2 aromatic carbocycles. The average molecular weight is 432 g/mol. The highest BCUT2D eigenvalue weighted by Gasteiger charge is 2.14. The Bertz CT molecular complexity index is 875. The number of benzene rings is 2. The van der Waals surface area contributed by atoms with Gasteiger partial charge in [0.1, 0.15) is 11.6 Å². The Morgan fingerprint density at radius 1 is 0.935 bits per heavy atom. The largest absolute Gasteiger partial charge is 0.481 e. The summed E-state index contributed by atoms with van der Waals surface area (Å²) in [5.74, 6) is -2.52. The molecule has 0 spiro atoms. The zero-order valence-corrected chi connectivity index (χ0v) is 18.3. The second-order valence-electron chi connectivity index (χ2n) is 7.93. The van der Waals surface area contributed by atoms with Crippen molar-refractivity contribution >= 4 is 11.9 Å². The molecular weight excluding hydrogens is 400 g/mol. The Morgan fingerprint density at radius 3 is 2.26 bits per heavy atom. The number of unbranched alkanes of at least 4 members (excludes halogenated alkanes) is 4. The summed E-state index contributed by atoms with van der Waals surface area (Å²) in [7, 11) is 1.76. The molecular formula is C25H31F2NO3. The van der Waals surface area contributed by atoms with Gasteiger partial charge in [-0.1, -0.05) is 50.8 Å². The van der Waals surface area contributed by atoms with Crippen molar-refractivity contribution in [1.29, 1.82) is 0 Å². The lowest BCUT2D eigenvalue weighted by atomic mass is 9.99. The van der Waals surface area contributed by atoms with E-state index in [1.165, 1.54) is 25.0 Å². The Hall–Kier alpha value is -2.76. The molecule has 4 nitrogen and oxygen atoms in total. The molecule has 1 amide bonds. The fraction of sp³-hybridized carbons (Fsp3) is 0.440. The van der Waals surface area contributed by atoms with E-state index in [0.717, 1.165) is 24.8 Å². The first kappa shape index (κ1) is 24.5. The molecule has 0 aromatic heterocycles. The van der Waals surface area contributed by atoms with E-state index in [1.807, 2.05) is 12.1 Å². The van der Waals surface area contributed by atoms with E-state index >= 15 is 0 Å². The third-order valence-corrected chi connectivity index (χ3v) is 5.33. The average Bonchev–Trinajstić information content (AvgIpc) is 2.72. The minimum absolute atomic E-state index is 0.0850. The number of carboxylic acid groups (broad SMARTS) is 1. The first-order chi connectivity index (χ1) is 14.8. The van der Waals surface area contributed by atoms with Crippen molar-refractivity contribution in [2.75, 3.05) is 7.05 Å². The first-order valence-electron chi connectivity index (χ1n) is 10.8. The molecule has 0 fully saturated rings. The van der Waals surface area contributed by atoms with Crippen molar-refractivity contribution in [1.82, 2.24) is 4.90 Å². The Labute approximate surface area is 182 Å². The third-order valence-electron chi connectivity index (χ3n) is 5.33. The lowest BCUT2D eigenvalue weighted by Gasteiger charge is -2.18. The molecule has 168 valence electrons. The van der Waals surface area contributed by atoms with E-state index in [2.05, 4.69) is 6.92 Å². The SMILES string of the molecule is CCCCCCCC(=O)N(C)Cc1cccc(-c2cc(F)c(CCC(=O)O)c(F)c2)c1. The second kappa shape index (κ2) is 12.2. The summed E-state index contributed by atoms with van der Waals surface area (Å²) in [5.41, 5.74) is 1.67. The van der Waals surface area contributed by atoms with Gasteiger partial charge < -0.3 is 10.0 Å². The maximum absolute atomic E-state index is 14.4. The fourth-order valence-electron chi connectivity index (χ4n) is 3.52. The number of carboxylic acids is 1. The van der Waals surface area contributed by atoms with Crippen molar-refractivity contribution in [3.05, 3.63) is 59.2 Å². The molecule has 2 rings (SSSR count). The number of hydrogen-bond acceptors (Lipinski definition) is 2. The standard InChI is InChI=1S/C25H31F2NO3/c1-3-4-5-6-7-11-24(29)28(2)17-18-9-8-10-19(14-18)20-15-22(26)21(23(27)16-20)12-13-25(30)31/h8-10,14-16H,3-7,11-13,17H2,1-2H3,(H,30,31). The Balaban J connectivity index is 2.04. The van der Waals surface area contributed by atoms with Crippen LogP contribution >= 0.6 is 0 Å². The van der Waals surface area contributed by atoms with Crippen molar-refractivity contribution < 1.29 is 23.5 Å². The number of hydrogen-bond donors (Lipinski definition) is 1. The second-order valence-corrected chi connectivity index (χ2v) is 7.93. The predicted octanol–water partition coefficient (Wildman–Crippen LogP) is 5.97. The van der Waals surface area contributed by atoms with E-state index in [-0.39, 0.29) is 24.3 Å². The van der Waals surface area contributed by atoms with Crippen LogP contribution in [0.25, 0.3) is 11.1 Å². The highest BCUT2D eigenvalue weighted by Crippen LogP contribution is 2.26. The molecule has 0 atom stereocenters. The molecule has 1 N–H and O–H groups in total. The fourth-order valence-corrected chi connectivity index (χ4v) is 3.52. The van der Waals surface area contributed by atoms with Crippen LogP contribution in [0.2, 0.25) is 0 Å². The van der Waals surface area contributed by atoms with Gasteiger partial charge in [-0.15, -0.1) is 0 Å². The molecule has 0 unspecified atom stereocenters. The molecule has 0 saturated carbocycles. The van der Waals surface area contributed by atoms with E-state index in [0.29, 0.717) is 24.1 Å². The molecule has 0 heterocycles. The van der Waals surface area contributed by atoms with Crippen LogP contribution in [0.5, 0.6) is 0 Å². The van der Waals surface area contributed by atoms with Gasteiger partial charge in [0.2, 0.25) is 5.91 Å². The van der Waals surface area contributed by atoms with Crippen LogP contribution in [0.15, 0.2) is 36.4 Å². The van der Waals surface area contributed by atoms with E-state index in [1.54, 1.807) is 24.1 Å². The number of amides is 1. The number of carbonyl (C=O) groups is 2. The van der Waals surface area contributed by atoms with Gasteiger partial charge in [-0.2, -0.15) is 0 Å². The van der Waals surface area contributed by atoms with Gasteiger partial charge >= 0.3 is 5.97 Å². The normalized spacial score (nSPS) is 10.8. The molecule has 2 aromatic rings. The summed E-state index contributed by atoms with van der Waals surface area (Å²) in [6.45, 7) is 2.58. The van der Waals surface area contributed by atoms with Gasteiger partial charge in [0.15, 0.2) is 0 Å². The number of halogens is 2. The summed E-state index contributed by atoms with van der Waals surface area (Å²) in [4.78, 5) is 24.7. The van der Waals surface area contributed by atoms with Gasteiger partial charge in [-0.05, 0) is 47.7 Å². The predicted molar refractivity (Wildman–Crippen MR) is 118 cm³/mol. The maximum Gasteiger partial charge on any atom is 0.303 e. The van der Waals surface area contributed by atoms with Crippen LogP contribution in [-0.2, 0) is 22.6 Å². The molecule has 0 aliphatic carbocycles. The molecule has 31 heavy (non-hydrogen) atoms. The minimum Gasteiger partial charge on any atom is -0.481 e. The lowest BCUT2D eigenvalue weighted by Crippen LogP contribution is -2.25. The van der Waals surface area contributed by atoms with Crippen LogP contribution in [0.1, 0.15) is 63.0 Å². The number of aliphatic carboxylic acids is 1. The minimum atomic E-state index is -1.10. The van der Waals surface area contributed by atoms with Crippen LogP contribution in [0.4, 0.5) is 8.78 Å². The van der Waals surface area contributed by atoms with Gasteiger partial charge in [0.05, 0.1) is 0 Å². The van der Waals surface area contributed by atoms with E-state index in [9.17, 15) is 18.4 Å². The van der Waals surface area contributed by atoms with Crippen molar-refractivity contribution in [2.24, 2.45) is 0 Å². The summed E-state index contributed by atoms with van der Waals surface area (Å²) < 4.78 is 28.7.